The molecule has 0 aliphatic rings. The largest absolute Gasteiger partial charge is 0.491 e. The van der Waals surface area contributed by atoms with E-state index in [0.29, 0.717) is 32.7 Å². The van der Waals surface area contributed by atoms with Crippen molar-refractivity contribution in [3.05, 3.63) is 30.3 Å². The first kappa shape index (κ1) is 33.9. The van der Waals surface area contributed by atoms with Crippen molar-refractivity contribution in [2.45, 2.75) is 93.7 Å². The van der Waals surface area contributed by atoms with Gasteiger partial charge >= 0.3 is 5.97 Å². The standard InChI is InChI=1S/C31H54N2O5/c1-22(2)33-27(34)26(21-29(4,5)6)31(10,32)23(3)20-25(30(7,8)9)28(35)38-19-17-36-16-18-37-24-14-12-11-13-15-24/h11-15,22-23,25-26H,16-21,32H2,1-10H3,(H,33,34). The lowest BCUT2D eigenvalue weighted by molar-refractivity contribution is -0.155. The first-order valence-electron chi connectivity index (χ1n) is 14.0. The third-order valence-corrected chi connectivity index (χ3v) is 7.01. The zero-order valence-corrected chi connectivity index (χ0v) is 25.6. The van der Waals surface area contributed by atoms with E-state index in [-0.39, 0.29) is 53.1 Å². The Morgan fingerprint density at radius 3 is 1.97 bits per heavy atom. The maximum absolute atomic E-state index is 13.2. The highest BCUT2D eigenvalue weighted by molar-refractivity contribution is 5.80. The molecule has 1 aromatic carbocycles. The Labute approximate surface area is 231 Å². The fourth-order valence-corrected chi connectivity index (χ4v) is 4.49. The molecule has 0 radical (unpaired) electrons. The van der Waals surface area contributed by atoms with Gasteiger partial charge in [-0.3, -0.25) is 9.59 Å². The fourth-order valence-electron chi connectivity index (χ4n) is 4.49. The van der Waals surface area contributed by atoms with Crippen LogP contribution < -0.4 is 15.8 Å². The van der Waals surface area contributed by atoms with Gasteiger partial charge in [-0.2, -0.15) is 0 Å². The van der Waals surface area contributed by atoms with E-state index in [2.05, 4.69) is 26.1 Å². The van der Waals surface area contributed by atoms with Crippen LogP contribution in [-0.4, -0.2) is 49.9 Å². The van der Waals surface area contributed by atoms with Crippen molar-refractivity contribution in [3.8, 4) is 5.75 Å². The smallest absolute Gasteiger partial charge is 0.309 e. The van der Waals surface area contributed by atoms with Crippen LogP contribution in [0.2, 0.25) is 0 Å². The summed E-state index contributed by atoms with van der Waals surface area (Å²) in [4.78, 5) is 26.4. The first-order chi connectivity index (χ1) is 17.4. The van der Waals surface area contributed by atoms with Crippen molar-refractivity contribution in [1.82, 2.24) is 5.32 Å². The van der Waals surface area contributed by atoms with E-state index >= 15 is 0 Å². The number of rotatable bonds is 15. The average Bonchev–Trinajstić information content (AvgIpc) is 2.78. The van der Waals surface area contributed by atoms with E-state index in [0.717, 1.165) is 5.75 Å². The van der Waals surface area contributed by atoms with E-state index in [1.54, 1.807) is 0 Å². The van der Waals surface area contributed by atoms with Crippen LogP contribution in [-0.2, 0) is 19.1 Å². The molecule has 0 saturated carbocycles. The molecule has 0 bridgehead atoms. The first-order valence-corrected chi connectivity index (χ1v) is 14.0. The predicted octanol–water partition coefficient (Wildman–Crippen LogP) is 5.61. The monoisotopic (exact) mass is 534 g/mol. The molecule has 4 unspecified atom stereocenters. The Hall–Kier alpha value is -2.12. The average molecular weight is 535 g/mol. The summed E-state index contributed by atoms with van der Waals surface area (Å²) in [6.45, 7) is 21.7. The highest BCUT2D eigenvalue weighted by Gasteiger charge is 2.45. The van der Waals surface area contributed by atoms with Crippen molar-refractivity contribution >= 4 is 11.9 Å². The van der Waals surface area contributed by atoms with Crippen molar-refractivity contribution < 1.29 is 23.8 Å². The van der Waals surface area contributed by atoms with Gasteiger partial charge in [0, 0.05) is 11.6 Å². The van der Waals surface area contributed by atoms with Crippen LogP contribution in [0.4, 0.5) is 0 Å². The second-order valence-electron chi connectivity index (χ2n) is 13.3. The third kappa shape index (κ3) is 12.2. The van der Waals surface area contributed by atoms with Crippen LogP contribution in [0.25, 0.3) is 0 Å². The molecule has 1 amide bonds. The molecule has 1 aromatic rings. The summed E-state index contributed by atoms with van der Waals surface area (Å²) >= 11 is 0. The van der Waals surface area contributed by atoms with Gasteiger partial charge in [0.15, 0.2) is 0 Å². The molecule has 0 spiro atoms. The second-order valence-corrected chi connectivity index (χ2v) is 13.3. The minimum absolute atomic E-state index is 0.0282. The number of carbonyl (C=O) groups excluding carboxylic acids is 2. The van der Waals surface area contributed by atoms with Gasteiger partial charge in [-0.1, -0.05) is 66.7 Å². The zero-order valence-electron chi connectivity index (χ0n) is 25.6. The lowest BCUT2D eigenvalue weighted by Crippen LogP contribution is -2.57. The van der Waals surface area contributed by atoms with E-state index in [1.165, 1.54) is 0 Å². The SMILES string of the molecule is CC(C)NC(=O)C(CC(C)(C)C)C(C)(N)C(C)CC(C(=O)OCCOCCOc1ccccc1)C(C)(C)C. The summed E-state index contributed by atoms with van der Waals surface area (Å²) in [5.74, 6) is -0.356. The lowest BCUT2D eigenvalue weighted by atomic mass is 9.65. The molecule has 7 nitrogen and oxygen atoms in total. The summed E-state index contributed by atoms with van der Waals surface area (Å²) in [6.07, 6.45) is 1.18. The summed E-state index contributed by atoms with van der Waals surface area (Å²) in [6, 6.07) is 9.58. The van der Waals surface area contributed by atoms with E-state index in [1.807, 2.05) is 78.8 Å². The van der Waals surface area contributed by atoms with Crippen LogP contribution >= 0.6 is 0 Å². The molecular formula is C31H54N2O5. The number of nitrogens with two attached hydrogens (primary N) is 1. The van der Waals surface area contributed by atoms with Crippen LogP contribution in [0.5, 0.6) is 5.75 Å². The van der Waals surface area contributed by atoms with Gasteiger partial charge in [0.05, 0.1) is 25.0 Å². The molecule has 1 rings (SSSR count). The number of hydrogen-bond donors (Lipinski definition) is 2. The van der Waals surface area contributed by atoms with Crippen LogP contribution in [0.1, 0.15) is 82.1 Å². The van der Waals surface area contributed by atoms with Crippen molar-refractivity contribution in [3.63, 3.8) is 0 Å². The Bertz CT molecular complexity index is 840. The number of benzene rings is 1. The number of amides is 1. The minimum Gasteiger partial charge on any atom is -0.491 e. The summed E-state index contributed by atoms with van der Waals surface area (Å²) in [5.41, 5.74) is 5.73. The molecule has 0 aliphatic heterocycles. The maximum Gasteiger partial charge on any atom is 0.309 e. The Balaban J connectivity index is 2.74. The Morgan fingerprint density at radius 1 is 0.868 bits per heavy atom. The van der Waals surface area contributed by atoms with Crippen LogP contribution in [0, 0.1) is 28.6 Å². The third-order valence-electron chi connectivity index (χ3n) is 7.01. The van der Waals surface area contributed by atoms with Crippen LogP contribution in [0.3, 0.4) is 0 Å². The molecule has 0 saturated heterocycles. The number of hydrogen-bond acceptors (Lipinski definition) is 6. The summed E-state index contributed by atoms with van der Waals surface area (Å²) < 4.78 is 16.8. The van der Waals surface area contributed by atoms with Gasteiger partial charge in [-0.05, 0) is 62.5 Å². The Morgan fingerprint density at radius 2 is 1.45 bits per heavy atom. The maximum atomic E-state index is 13.2. The second kappa shape index (κ2) is 14.9. The summed E-state index contributed by atoms with van der Waals surface area (Å²) in [7, 11) is 0. The molecule has 0 aliphatic carbocycles. The van der Waals surface area contributed by atoms with E-state index in [9.17, 15) is 9.59 Å². The minimum atomic E-state index is -0.808. The van der Waals surface area contributed by atoms with Crippen LogP contribution in [0.15, 0.2) is 30.3 Å². The van der Waals surface area contributed by atoms with E-state index in [4.69, 9.17) is 19.9 Å². The predicted molar refractivity (Wildman–Crippen MR) is 154 cm³/mol. The quantitative estimate of drug-likeness (QED) is 0.224. The van der Waals surface area contributed by atoms with E-state index < -0.39 is 5.54 Å². The number of esters is 1. The zero-order chi connectivity index (χ0) is 29.1. The van der Waals surface area contributed by atoms with Gasteiger partial charge in [-0.15, -0.1) is 0 Å². The molecule has 38 heavy (non-hydrogen) atoms. The molecule has 7 heteroatoms. The van der Waals surface area contributed by atoms with Gasteiger partial charge in [0.25, 0.3) is 0 Å². The molecule has 218 valence electrons. The molecule has 3 N–H and O–H groups in total. The number of ether oxygens (including phenoxy) is 3. The molecule has 0 aromatic heterocycles. The summed E-state index contributed by atoms with van der Waals surface area (Å²) in [5, 5.41) is 3.06. The molecule has 0 fully saturated rings. The van der Waals surface area contributed by atoms with Gasteiger partial charge in [0.1, 0.15) is 19.0 Å². The van der Waals surface area contributed by atoms with Crippen molar-refractivity contribution in [1.29, 1.82) is 0 Å². The van der Waals surface area contributed by atoms with Gasteiger partial charge < -0.3 is 25.3 Å². The molecule has 4 atom stereocenters. The fraction of sp³-hybridized carbons (Fsp3) is 0.742. The number of para-hydroxylation sites is 1. The van der Waals surface area contributed by atoms with Gasteiger partial charge in [-0.25, -0.2) is 0 Å². The highest BCUT2D eigenvalue weighted by Crippen LogP contribution is 2.40. The number of carbonyl (C=O) groups is 2. The number of nitrogens with one attached hydrogen (secondary N) is 1. The highest BCUT2D eigenvalue weighted by atomic mass is 16.6. The molecular weight excluding hydrogens is 480 g/mol. The Kier molecular flexibility index (Phi) is 13.3. The van der Waals surface area contributed by atoms with Crippen molar-refractivity contribution in [2.24, 2.45) is 34.3 Å². The van der Waals surface area contributed by atoms with Crippen molar-refractivity contribution in [2.75, 3.05) is 26.4 Å². The van der Waals surface area contributed by atoms with Gasteiger partial charge in [0.2, 0.25) is 5.91 Å². The topological polar surface area (TPSA) is 99.9 Å². The normalized spacial score (nSPS) is 16.3. The lowest BCUT2D eigenvalue weighted by Gasteiger charge is -2.43. The molecule has 0 heterocycles.